The van der Waals surface area contributed by atoms with E-state index < -0.39 is 57.8 Å². The molecule has 0 aliphatic rings. The highest BCUT2D eigenvalue weighted by Crippen LogP contribution is 2.43. The van der Waals surface area contributed by atoms with Crippen LogP contribution in [0.5, 0.6) is 0 Å². The average Bonchev–Trinajstić information content (AvgIpc) is 3.35. The molecule has 0 aromatic carbocycles. The monoisotopic (exact) mass is 1010 g/mol. The zero-order valence-corrected chi connectivity index (χ0v) is 46.1. The van der Waals surface area contributed by atoms with Crippen LogP contribution in [-0.2, 0) is 42.2 Å². The Morgan fingerprint density at radius 2 is 0.700 bits per heavy atom. The van der Waals surface area contributed by atoms with Gasteiger partial charge >= 0.3 is 25.7 Å². The number of ether oxygens (including phenoxy) is 3. The van der Waals surface area contributed by atoms with Gasteiger partial charge in [0.15, 0.2) is 6.10 Å². The number of hydrogen-bond donors (Lipinski definition) is 2. The van der Waals surface area contributed by atoms with Gasteiger partial charge in [-0.25, -0.2) is 4.57 Å². The van der Waals surface area contributed by atoms with E-state index in [1.807, 2.05) is 0 Å². The maximum Gasteiger partial charge on any atom is 0.472 e. The van der Waals surface area contributed by atoms with Crippen LogP contribution in [0.25, 0.3) is 0 Å². The van der Waals surface area contributed by atoms with Crippen molar-refractivity contribution in [2.24, 2.45) is 0 Å². The van der Waals surface area contributed by atoms with Gasteiger partial charge < -0.3 is 24.2 Å². The molecule has 0 saturated heterocycles. The van der Waals surface area contributed by atoms with Crippen molar-refractivity contribution in [2.45, 2.75) is 290 Å². The van der Waals surface area contributed by atoms with E-state index in [1.165, 1.54) is 135 Å². The Morgan fingerprint density at radius 1 is 0.400 bits per heavy atom. The highest BCUT2D eigenvalue weighted by atomic mass is 31.2. The maximum absolute atomic E-state index is 12.9. The second-order valence-corrected chi connectivity index (χ2v) is 20.9. The minimum atomic E-state index is -4.74. The molecule has 11 nitrogen and oxygen atoms in total. The minimum absolute atomic E-state index is 0.165. The summed E-state index contributed by atoms with van der Waals surface area (Å²) in [4.78, 5) is 48.4. The summed E-state index contributed by atoms with van der Waals surface area (Å²) in [6, 6.07) is 0. The van der Waals surface area contributed by atoms with E-state index in [4.69, 9.17) is 23.3 Å². The molecular formula is C58H107O11P. The van der Waals surface area contributed by atoms with Gasteiger partial charge in [0.25, 0.3) is 0 Å². The molecule has 0 fully saturated rings. The second kappa shape index (κ2) is 53.0. The lowest BCUT2D eigenvalue weighted by atomic mass is 10.1. The van der Waals surface area contributed by atoms with Gasteiger partial charge in [-0.15, -0.1) is 0 Å². The molecule has 0 radical (unpaired) electrons. The molecule has 0 spiro atoms. The standard InChI is InChI=1S/C58H107O11P/c1-4-7-10-13-16-19-21-23-25-26-27-28-30-32-34-37-40-43-46-49-58(62)69-55(51-65-56(60)47-44-41-38-36-33-31-29-24-22-20-17-14-11-8-5-2)53-67-70(63,64)66-52-54(50-59)68-57(61)48-45-42-39-35-18-15-12-9-6-3/h17,20,23-25,29,54-55,59H,4-16,18-19,21-22,26-28,30-53H2,1-3H3,(H,63,64)/b20-17-,25-23-,29-24-. The normalized spacial score (nSPS) is 13.6. The fourth-order valence-electron chi connectivity index (χ4n) is 8.09. The quantitative estimate of drug-likeness (QED) is 0.0197. The fourth-order valence-corrected chi connectivity index (χ4v) is 8.87. The number of carbonyl (C=O) groups excluding carboxylic acids is 3. The van der Waals surface area contributed by atoms with Crippen molar-refractivity contribution in [3.05, 3.63) is 36.5 Å². The van der Waals surface area contributed by atoms with E-state index in [2.05, 4.69) is 57.2 Å². The van der Waals surface area contributed by atoms with Gasteiger partial charge in [-0.05, 0) is 77.0 Å². The molecule has 0 aliphatic carbocycles. The summed E-state index contributed by atoms with van der Waals surface area (Å²) in [5.41, 5.74) is 0. The molecule has 410 valence electrons. The Kier molecular flexibility index (Phi) is 51.3. The summed E-state index contributed by atoms with van der Waals surface area (Å²) >= 11 is 0. The lowest BCUT2D eigenvalue weighted by molar-refractivity contribution is -0.161. The third-order valence-corrected chi connectivity index (χ3v) is 13.5. The zero-order valence-electron chi connectivity index (χ0n) is 45.2. The van der Waals surface area contributed by atoms with Crippen LogP contribution < -0.4 is 0 Å². The van der Waals surface area contributed by atoms with Gasteiger partial charge in [-0.1, -0.05) is 218 Å². The Morgan fingerprint density at radius 3 is 1.10 bits per heavy atom. The summed E-state index contributed by atoms with van der Waals surface area (Å²) in [7, 11) is -4.74. The second-order valence-electron chi connectivity index (χ2n) is 19.5. The van der Waals surface area contributed by atoms with E-state index in [-0.39, 0.29) is 25.9 Å². The van der Waals surface area contributed by atoms with Crippen LogP contribution in [0.1, 0.15) is 278 Å². The molecule has 0 saturated carbocycles. The molecule has 0 rings (SSSR count). The summed E-state index contributed by atoms with van der Waals surface area (Å²) < 4.78 is 39.4. The molecule has 0 aliphatic heterocycles. The number of aliphatic hydroxyl groups is 1. The Balaban J connectivity index is 4.70. The van der Waals surface area contributed by atoms with E-state index in [1.54, 1.807) is 0 Å². The number of phosphoric ester groups is 1. The van der Waals surface area contributed by atoms with Gasteiger partial charge in [-0.2, -0.15) is 0 Å². The van der Waals surface area contributed by atoms with Crippen LogP contribution in [0, 0.1) is 0 Å². The first-order chi connectivity index (χ1) is 34.2. The van der Waals surface area contributed by atoms with E-state index in [0.717, 1.165) is 83.5 Å². The van der Waals surface area contributed by atoms with Crippen molar-refractivity contribution >= 4 is 25.7 Å². The van der Waals surface area contributed by atoms with Crippen LogP contribution in [0.15, 0.2) is 36.5 Å². The number of esters is 3. The predicted molar refractivity (Wildman–Crippen MR) is 289 cm³/mol. The number of carbonyl (C=O) groups is 3. The average molecular weight is 1010 g/mol. The third kappa shape index (κ3) is 50.6. The van der Waals surface area contributed by atoms with Crippen LogP contribution in [0.4, 0.5) is 0 Å². The molecule has 3 atom stereocenters. The van der Waals surface area contributed by atoms with E-state index >= 15 is 0 Å². The van der Waals surface area contributed by atoms with Crippen LogP contribution in [0.3, 0.4) is 0 Å². The van der Waals surface area contributed by atoms with Gasteiger partial charge in [0.1, 0.15) is 12.7 Å². The topological polar surface area (TPSA) is 155 Å². The van der Waals surface area contributed by atoms with Crippen molar-refractivity contribution < 1.29 is 52.2 Å². The SMILES string of the molecule is CCCCC/C=C\C/C=C\CCCCCCCC(=O)OCC(COP(=O)(O)OCC(CO)OC(=O)CCCCCCCCCCC)OC(=O)CCCCCCCCCCC/C=C\CCCCCCCC. The Hall–Kier alpha value is -2.30. The summed E-state index contributed by atoms with van der Waals surface area (Å²) in [6.45, 7) is 4.60. The highest BCUT2D eigenvalue weighted by Gasteiger charge is 2.28. The molecule has 0 aromatic heterocycles. The summed E-state index contributed by atoms with van der Waals surface area (Å²) in [6.07, 6.45) is 54.0. The fraction of sp³-hybridized carbons (Fsp3) is 0.845. The van der Waals surface area contributed by atoms with Gasteiger partial charge in [-0.3, -0.25) is 23.4 Å². The molecule has 0 amide bonds. The number of aliphatic hydroxyl groups excluding tert-OH is 1. The number of phosphoric acid groups is 1. The van der Waals surface area contributed by atoms with Crippen molar-refractivity contribution in [1.29, 1.82) is 0 Å². The molecule has 0 aromatic rings. The molecule has 12 heteroatoms. The first-order valence-electron chi connectivity index (χ1n) is 28.9. The summed E-state index contributed by atoms with van der Waals surface area (Å²) in [5, 5.41) is 9.77. The van der Waals surface area contributed by atoms with Crippen LogP contribution in [-0.4, -0.2) is 66.5 Å². The largest absolute Gasteiger partial charge is 0.472 e. The smallest absolute Gasteiger partial charge is 0.462 e. The van der Waals surface area contributed by atoms with E-state index in [0.29, 0.717) is 19.3 Å². The Labute approximate surface area is 429 Å². The number of rotatable bonds is 54. The minimum Gasteiger partial charge on any atom is -0.462 e. The van der Waals surface area contributed by atoms with Gasteiger partial charge in [0.05, 0.1) is 19.8 Å². The zero-order chi connectivity index (χ0) is 51.3. The van der Waals surface area contributed by atoms with Gasteiger partial charge in [0.2, 0.25) is 0 Å². The highest BCUT2D eigenvalue weighted by molar-refractivity contribution is 7.47. The van der Waals surface area contributed by atoms with Crippen molar-refractivity contribution in [2.75, 3.05) is 26.4 Å². The molecule has 70 heavy (non-hydrogen) atoms. The lowest BCUT2D eigenvalue weighted by Crippen LogP contribution is -2.30. The van der Waals surface area contributed by atoms with Crippen molar-refractivity contribution in [3.63, 3.8) is 0 Å². The van der Waals surface area contributed by atoms with Crippen LogP contribution >= 0.6 is 7.82 Å². The first-order valence-corrected chi connectivity index (χ1v) is 30.4. The molecule has 2 N–H and O–H groups in total. The first kappa shape index (κ1) is 67.7. The third-order valence-electron chi connectivity index (χ3n) is 12.5. The van der Waals surface area contributed by atoms with Crippen molar-refractivity contribution in [1.82, 2.24) is 0 Å². The lowest BCUT2D eigenvalue weighted by Gasteiger charge is -2.21. The van der Waals surface area contributed by atoms with E-state index in [9.17, 15) is 28.9 Å². The summed E-state index contributed by atoms with van der Waals surface area (Å²) in [5.74, 6) is -1.47. The molecular weight excluding hydrogens is 904 g/mol. The van der Waals surface area contributed by atoms with Crippen molar-refractivity contribution in [3.8, 4) is 0 Å². The predicted octanol–water partition coefficient (Wildman–Crippen LogP) is 16.8. The Bertz CT molecular complexity index is 1320. The molecule has 0 bridgehead atoms. The van der Waals surface area contributed by atoms with Gasteiger partial charge in [0, 0.05) is 19.3 Å². The maximum atomic E-state index is 12.9. The number of allylic oxidation sites excluding steroid dienone is 6. The van der Waals surface area contributed by atoms with Crippen LogP contribution in [0.2, 0.25) is 0 Å². The molecule has 0 heterocycles. The molecule has 3 unspecified atom stereocenters. The number of hydrogen-bond acceptors (Lipinski definition) is 10. The number of unbranched alkanes of at least 4 members (excludes halogenated alkanes) is 31.